The van der Waals surface area contributed by atoms with E-state index in [-0.39, 0.29) is 11.5 Å². The van der Waals surface area contributed by atoms with Gasteiger partial charge >= 0.3 is 0 Å². The zero-order valence-corrected chi connectivity index (χ0v) is 17.5. The number of ketones is 1. The van der Waals surface area contributed by atoms with Crippen LogP contribution in [0.25, 0.3) is 6.08 Å². The maximum absolute atomic E-state index is 12.3. The summed E-state index contributed by atoms with van der Waals surface area (Å²) >= 11 is 0. The van der Waals surface area contributed by atoms with Gasteiger partial charge in [-0.25, -0.2) is 0 Å². The summed E-state index contributed by atoms with van der Waals surface area (Å²) in [6.07, 6.45) is 5.30. The third-order valence-electron chi connectivity index (χ3n) is 5.55. The number of ether oxygens (including phenoxy) is 1. The Morgan fingerprint density at radius 1 is 1.00 bits per heavy atom. The number of nitrogens with zero attached hydrogens (tertiary/aromatic N) is 1. The summed E-state index contributed by atoms with van der Waals surface area (Å²) in [6, 6.07) is 22.9. The van der Waals surface area contributed by atoms with Crippen LogP contribution in [-0.2, 0) is 13.0 Å². The van der Waals surface area contributed by atoms with Crippen LogP contribution in [0.2, 0.25) is 0 Å². The zero-order valence-electron chi connectivity index (χ0n) is 17.5. The number of phenolic OH excluding ortho intramolecular Hbond substituents is 1. The number of phenols is 1. The molecule has 3 aromatic carbocycles. The van der Waals surface area contributed by atoms with Crippen molar-refractivity contribution in [2.45, 2.75) is 19.4 Å². The third-order valence-corrected chi connectivity index (χ3v) is 5.55. The van der Waals surface area contributed by atoms with E-state index in [1.165, 1.54) is 23.3 Å². The van der Waals surface area contributed by atoms with Crippen molar-refractivity contribution in [2.75, 3.05) is 19.7 Å². The van der Waals surface area contributed by atoms with E-state index in [1.807, 2.05) is 24.3 Å². The first-order chi connectivity index (χ1) is 15.2. The Kier molecular flexibility index (Phi) is 6.80. The van der Waals surface area contributed by atoms with Crippen LogP contribution in [0.4, 0.5) is 0 Å². The number of carbonyl (C=O) groups excluding carboxylic acids is 1. The molecule has 1 aliphatic heterocycles. The molecule has 3 aromatic rings. The number of hydrogen-bond donors (Lipinski definition) is 1. The highest BCUT2D eigenvalue weighted by Crippen LogP contribution is 2.20. The second-order valence-electron chi connectivity index (χ2n) is 7.78. The first-order valence-corrected chi connectivity index (χ1v) is 10.7. The van der Waals surface area contributed by atoms with Gasteiger partial charge in [-0.05, 0) is 59.9 Å². The van der Waals surface area contributed by atoms with Gasteiger partial charge in [0, 0.05) is 19.6 Å². The first kappa shape index (κ1) is 20.9. The fraction of sp³-hybridized carbons (Fsp3) is 0.222. The van der Waals surface area contributed by atoms with Crippen molar-refractivity contribution in [3.05, 3.63) is 101 Å². The van der Waals surface area contributed by atoms with Crippen LogP contribution in [0.15, 0.2) is 78.9 Å². The fourth-order valence-corrected chi connectivity index (χ4v) is 3.87. The predicted molar refractivity (Wildman–Crippen MR) is 123 cm³/mol. The minimum atomic E-state index is -0.229. The van der Waals surface area contributed by atoms with E-state index in [0.29, 0.717) is 12.2 Å². The summed E-state index contributed by atoms with van der Waals surface area (Å²) in [7, 11) is 0. The van der Waals surface area contributed by atoms with Gasteiger partial charge in [-0.1, -0.05) is 54.6 Å². The third kappa shape index (κ3) is 5.62. The maximum atomic E-state index is 12.3. The molecule has 4 heteroatoms. The van der Waals surface area contributed by atoms with Gasteiger partial charge in [0.05, 0.1) is 12.2 Å². The zero-order chi connectivity index (χ0) is 21.5. The average Bonchev–Trinajstić information content (AvgIpc) is 2.81. The van der Waals surface area contributed by atoms with Crippen molar-refractivity contribution in [2.24, 2.45) is 0 Å². The summed E-state index contributed by atoms with van der Waals surface area (Å²) in [6.45, 7) is 3.79. The van der Waals surface area contributed by atoms with E-state index in [9.17, 15) is 9.90 Å². The fourth-order valence-electron chi connectivity index (χ4n) is 3.87. The van der Waals surface area contributed by atoms with E-state index in [2.05, 4.69) is 29.2 Å². The second kappa shape index (κ2) is 10.1. The lowest BCUT2D eigenvalue weighted by Crippen LogP contribution is -2.31. The summed E-state index contributed by atoms with van der Waals surface area (Å²) in [5.74, 6) is 0.556. The first-order valence-electron chi connectivity index (χ1n) is 10.7. The molecule has 4 nitrogen and oxygen atoms in total. The van der Waals surface area contributed by atoms with E-state index in [1.54, 1.807) is 24.3 Å². The highest BCUT2D eigenvalue weighted by Gasteiger charge is 2.14. The van der Waals surface area contributed by atoms with Gasteiger partial charge in [0.2, 0.25) is 0 Å². The number of hydrogen-bond acceptors (Lipinski definition) is 4. The van der Waals surface area contributed by atoms with Crippen molar-refractivity contribution in [3.63, 3.8) is 0 Å². The van der Waals surface area contributed by atoms with E-state index >= 15 is 0 Å². The van der Waals surface area contributed by atoms with Crippen molar-refractivity contribution in [1.29, 1.82) is 0 Å². The van der Waals surface area contributed by atoms with Crippen LogP contribution in [-0.4, -0.2) is 35.5 Å². The van der Waals surface area contributed by atoms with Gasteiger partial charge in [0.1, 0.15) is 11.5 Å². The average molecular weight is 414 g/mol. The highest BCUT2D eigenvalue weighted by molar-refractivity contribution is 6.08. The number of allylic oxidation sites excluding steroid dienone is 1. The molecule has 1 aliphatic rings. The van der Waals surface area contributed by atoms with Crippen LogP contribution < -0.4 is 4.74 Å². The summed E-state index contributed by atoms with van der Waals surface area (Å²) in [4.78, 5) is 14.8. The molecule has 31 heavy (non-hydrogen) atoms. The molecule has 0 spiro atoms. The summed E-state index contributed by atoms with van der Waals surface area (Å²) in [5, 5.41) is 9.81. The molecule has 1 heterocycles. The Labute approximate surface area is 183 Å². The molecule has 0 radical (unpaired) electrons. The largest absolute Gasteiger partial charge is 0.507 e. The Morgan fingerprint density at radius 3 is 2.68 bits per heavy atom. The topological polar surface area (TPSA) is 49.8 Å². The molecule has 0 saturated heterocycles. The van der Waals surface area contributed by atoms with Crippen molar-refractivity contribution in [1.82, 2.24) is 4.90 Å². The molecule has 0 fully saturated rings. The quantitative estimate of drug-likeness (QED) is 0.317. The predicted octanol–water partition coefficient (Wildman–Crippen LogP) is 5.12. The van der Waals surface area contributed by atoms with Gasteiger partial charge in [0.25, 0.3) is 0 Å². The van der Waals surface area contributed by atoms with E-state index < -0.39 is 0 Å². The van der Waals surface area contributed by atoms with Gasteiger partial charge in [-0.3, -0.25) is 9.69 Å². The molecule has 1 N–H and O–H groups in total. The molecule has 0 unspecified atom stereocenters. The van der Waals surface area contributed by atoms with Gasteiger partial charge in [0.15, 0.2) is 5.78 Å². The number of benzene rings is 3. The van der Waals surface area contributed by atoms with Crippen molar-refractivity contribution in [3.8, 4) is 11.5 Å². The molecule has 4 rings (SSSR count). The molecule has 0 aliphatic carbocycles. The molecule has 0 bridgehead atoms. The Balaban J connectivity index is 1.25. The van der Waals surface area contributed by atoms with Crippen LogP contribution in [0.3, 0.4) is 0 Å². The lowest BCUT2D eigenvalue weighted by atomic mass is 10.00. The van der Waals surface area contributed by atoms with Gasteiger partial charge < -0.3 is 9.84 Å². The molecule has 0 atom stereocenters. The lowest BCUT2D eigenvalue weighted by Gasteiger charge is -2.28. The monoisotopic (exact) mass is 413 g/mol. The minimum Gasteiger partial charge on any atom is -0.507 e. The Morgan fingerprint density at radius 2 is 1.81 bits per heavy atom. The SMILES string of the molecule is O=C(/C=C/c1cccc(OCCCN2CCc3ccccc3C2)c1)c1ccccc1O. The summed E-state index contributed by atoms with van der Waals surface area (Å²) in [5.41, 5.74) is 4.09. The van der Waals surface area contributed by atoms with Crippen molar-refractivity contribution >= 4 is 11.9 Å². The number of carbonyl (C=O) groups is 1. The number of aromatic hydroxyl groups is 1. The summed E-state index contributed by atoms with van der Waals surface area (Å²) < 4.78 is 5.93. The van der Waals surface area contributed by atoms with Gasteiger partial charge in [-0.2, -0.15) is 0 Å². The Hall–Kier alpha value is -3.37. The minimum absolute atomic E-state index is 0.00794. The number of para-hydroxylation sites is 1. The molecular weight excluding hydrogens is 386 g/mol. The van der Waals surface area contributed by atoms with Crippen LogP contribution >= 0.6 is 0 Å². The standard InChI is InChI=1S/C27H27NO3/c29-26-12-4-3-11-25(26)27(30)14-13-21-7-5-10-24(19-21)31-18-6-16-28-17-15-22-8-1-2-9-23(22)20-28/h1-5,7-14,19,29H,6,15-18,20H2/b14-13+. The smallest absolute Gasteiger partial charge is 0.189 e. The van der Waals surface area contributed by atoms with E-state index in [0.717, 1.165) is 43.8 Å². The second-order valence-corrected chi connectivity index (χ2v) is 7.78. The normalized spacial score (nSPS) is 13.8. The van der Waals surface area contributed by atoms with Crippen LogP contribution in [0.1, 0.15) is 33.5 Å². The van der Waals surface area contributed by atoms with Crippen LogP contribution in [0.5, 0.6) is 11.5 Å². The number of rotatable bonds is 8. The molecule has 0 saturated carbocycles. The van der Waals surface area contributed by atoms with E-state index in [4.69, 9.17) is 4.74 Å². The molecular formula is C27H27NO3. The maximum Gasteiger partial charge on any atom is 0.189 e. The molecule has 158 valence electrons. The van der Waals surface area contributed by atoms with Crippen molar-refractivity contribution < 1.29 is 14.6 Å². The molecule has 0 aromatic heterocycles. The van der Waals surface area contributed by atoms with Gasteiger partial charge in [-0.15, -0.1) is 0 Å². The lowest BCUT2D eigenvalue weighted by molar-refractivity contribution is 0.104. The number of fused-ring (bicyclic) bond motifs is 1. The Bertz CT molecular complexity index is 1070. The highest BCUT2D eigenvalue weighted by atomic mass is 16.5. The molecule has 0 amide bonds. The van der Waals surface area contributed by atoms with Crippen LogP contribution in [0, 0.1) is 0 Å².